The van der Waals surface area contributed by atoms with E-state index in [0.29, 0.717) is 29.8 Å². The average Bonchev–Trinajstić information content (AvgIpc) is 3.26. The number of nitrogens with zero attached hydrogens (tertiary/aromatic N) is 2. The first-order valence-corrected chi connectivity index (χ1v) is 15.4. The lowest BCUT2D eigenvalue weighted by atomic mass is 10.0. The number of H-pyrrole nitrogens is 1. The van der Waals surface area contributed by atoms with Crippen LogP contribution in [0, 0.1) is 0 Å². The zero-order valence-corrected chi connectivity index (χ0v) is 22.5. The molecule has 1 N–H and O–H groups in total. The van der Waals surface area contributed by atoms with E-state index in [1.807, 2.05) is 6.07 Å². The highest BCUT2D eigenvalue weighted by Gasteiger charge is 2.28. The van der Waals surface area contributed by atoms with Crippen LogP contribution in [0.3, 0.4) is 0 Å². The zero-order chi connectivity index (χ0) is 25.0. The van der Waals surface area contributed by atoms with E-state index in [0.717, 1.165) is 41.5 Å². The summed E-state index contributed by atoms with van der Waals surface area (Å²) in [5.74, 6) is 2.33. The van der Waals surface area contributed by atoms with Crippen molar-refractivity contribution in [3.05, 3.63) is 71.9 Å². The molecule has 2 fully saturated rings. The number of ether oxygens (including phenoxy) is 1. The number of methoxy groups -OCH3 is 1. The number of hydrogen-bond acceptors (Lipinski definition) is 5. The molecule has 0 bridgehead atoms. The van der Waals surface area contributed by atoms with Crippen LogP contribution in [0.15, 0.2) is 65.6 Å². The van der Waals surface area contributed by atoms with Crippen molar-refractivity contribution in [1.29, 1.82) is 0 Å². The van der Waals surface area contributed by atoms with Crippen molar-refractivity contribution in [3.63, 3.8) is 0 Å². The van der Waals surface area contributed by atoms with Gasteiger partial charge in [0, 0.05) is 54.1 Å². The number of thioether (sulfide) groups is 1. The highest BCUT2D eigenvalue weighted by molar-refractivity contribution is 7.99. The van der Waals surface area contributed by atoms with Gasteiger partial charge in [-0.3, -0.25) is 4.90 Å². The summed E-state index contributed by atoms with van der Waals surface area (Å²) < 4.78 is 33.8. The predicted octanol–water partition coefficient (Wildman–Crippen LogP) is 5.55. The predicted molar refractivity (Wildman–Crippen MR) is 147 cm³/mol. The molecule has 6 nitrogen and oxygen atoms in total. The number of aromatic nitrogens is 1. The van der Waals surface area contributed by atoms with Gasteiger partial charge >= 0.3 is 0 Å². The number of aromatic amines is 1. The molecular formula is C28H35N3O3S2. The van der Waals surface area contributed by atoms with Crippen LogP contribution in [0.1, 0.15) is 43.0 Å². The van der Waals surface area contributed by atoms with Crippen LogP contribution in [0.5, 0.6) is 5.75 Å². The van der Waals surface area contributed by atoms with E-state index >= 15 is 0 Å². The van der Waals surface area contributed by atoms with Crippen molar-refractivity contribution < 1.29 is 13.2 Å². The van der Waals surface area contributed by atoms with Gasteiger partial charge < -0.3 is 9.72 Å². The van der Waals surface area contributed by atoms with E-state index in [4.69, 9.17) is 4.74 Å². The van der Waals surface area contributed by atoms with Gasteiger partial charge in [-0.05, 0) is 55.3 Å². The third kappa shape index (κ3) is 5.52. The number of sulfonamides is 1. The molecule has 1 aromatic heterocycles. The van der Waals surface area contributed by atoms with Crippen molar-refractivity contribution in [1.82, 2.24) is 14.2 Å². The fourth-order valence-corrected chi connectivity index (χ4v) is 7.91. The summed E-state index contributed by atoms with van der Waals surface area (Å²) in [5.41, 5.74) is 4.14. The second-order valence-electron chi connectivity index (χ2n) is 9.52. The molecule has 0 aliphatic carbocycles. The van der Waals surface area contributed by atoms with Crippen LogP contribution in [-0.4, -0.2) is 60.9 Å². The van der Waals surface area contributed by atoms with Crippen LogP contribution in [-0.2, 0) is 16.6 Å². The third-order valence-corrected chi connectivity index (χ3v) is 10.1. The van der Waals surface area contributed by atoms with E-state index in [9.17, 15) is 8.42 Å². The molecule has 0 unspecified atom stereocenters. The molecule has 36 heavy (non-hydrogen) atoms. The van der Waals surface area contributed by atoms with Crippen LogP contribution in [0.25, 0.3) is 11.3 Å². The molecular weight excluding hydrogens is 490 g/mol. The Morgan fingerprint density at radius 2 is 1.78 bits per heavy atom. The molecule has 0 spiro atoms. The molecule has 3 heterocycles. The normalized spacial score (nSPS) is 20.2. The minimum absolute atomic E-state index is 0.318. The second kappa shape index (κ2) is 11.4. The van der Waals surface area contributed by atoms with E-state index in [1.54, 1.807) is 41.4 Å². The van der Waals surface area contributed by atoms with Crippen molar-refractivity contribution in [3.8, 4) is 17.0 Å². The monoisotopic (exact) mass is 525 g/mol. The maximum absolute atomic E-state index is 13.3. The molecule has 2 aromatic carbocycles. The fourth-order valence-electron chi connectivity index (χ4n) is 5.31. The number of benzene rings is 2. The molecule has 2 aliphatic rings. The zero-order valence-electron chi connectivity index (χ0n) is 20.9. The summed E-state index contributed by atoms with van der Waals surface area (Å²) in [4.78, 5) is 6.46. The van der Waals surface area contributed by atoms with Crippen molar-refractivity contribution in [2.75, 3.05) is 38.2 Å². The Morgan fingerprint density at radius 3 is 2.56 bits per heavy atom. The van der Waals surface area contributed by atoms with E-state index in [2.05, 4.69) is 46.3 Å². The van der Waals surface area contributed by atoms with Crippen molar-refractivity contribution in [2.45, 2.75) is 43.2 Å². The van der Waals surface area contributed by atoms with Gasteiger partial charge in [-0.25, -0.2) is 8.42 Å². The molecule has 2 saturated heterocycles. The molecule has 5 rings (SSSR count). The summed E-state index contributed by atoms with van der Waals surface area (Å²) in [6.07, 6.45) is 4.89. The SMILES string of the molecule is COc1ccc(S(=O)(=O)N2CCSCC2)cc1-c1ccc(CN2CCCCC[C@@H]2c2ccccc2)[nH]1. The van der Waals surface area contributed by atoms with Gasteiger partial charge in [0.05, 0.1) is 12.0 Å². The Balaban J connectivity index is 1.41. The smallest absolute Gasteiger partial charge is 0.243 e. The van der Waals surface area contributed by atoms with Crippen LogP contribution >= 0.6 is 11.8 Å². The molecule has 0 saturated carbocycles. The summed E-state index contributed by atoms with van der Waals surface area (Å²) in [6, 6.07) is 20.5. The maximum atomic E-state index is 13.3. The van der Waals surface area contributed by atoms with Crippen LogP contribution in [0.2, 0.25) is 0 Å². The molecule has 8 heteroatoms. The van der Waals surface area contributed by atoms with Crippen molar-refractivity contribution >= 4 is 21.8 Å². The van der Waals surface area contributed by atoms with Gasteiger partial charge in [0.1, 0.15) is 5.75 Å². The fraction of sp³-hybridized carbons (Fsp3) is 0.429. The largest absolute Gasteiger partial charge is 0.496 e. The second-order valence-corrected chi connectivity index (χ2v) is 12.7. The lowest BCUT2D eigenvalue weighted by Gasteiger charge is -2.30. The van der Waals surface area contributed by atoms with Gasteiger partial charge in [0.25, 0.3) is 0 Å². The first-order chi connectivity index (χ1) is 17.6. The topological polar surface area (TPSA) is 65.6 Å². The van der Waals surface area contributed by atoms with E-state index in [-0.39, 0.29) is 0 Å². The molecule has 2 aliphatic heterocycles. The molecule has 3 aromatic rings. The third-order valence-electron chi connectivity index (χ3n) is 7.24. The molecule has 0 radical (unpaired) electrons. The standard InChI is InChI=1S/C28H35N3O3S2/c1-34-28-14-12-24(36(32,33)31-16-18-35-19-17-31)20-25(28)26-13-11-23(29-26)21-30-15-7-3-6-10-27(30)22-8-4-2-5-9-22/h2,4-5,8-9,11-14,20,27,29H,3,6-7,10,15-19,21H2,1H3/t27-/m1/s1. The quantitative estimate of drug-likeness (QED) is 0.438. The van der Waals surface area contributed by atoms with Crippen LogP contribution < -0.4 is 4.74 Å². The average molecular weight is 526 g/mol. The number of rotatable bonds is 7. The summed E-state index contributed by atoms with van der Waals surface area (Å²) in [6.45, 7) is 3.00. The maximum Gasteiger partial charge on any atom is 0.243 e. The van der Waals surface area contributed by atoms with Crippen molar-refractivity contribution in [2.24, 2.45) is 0 Å². The summed E-state index contributed by atoms with van der Waals surface area (Å²) >= 11 is 1.80. The minimum Gasteiger partial charge on any atom is -0.496 e. The van der Waals surface area contributed by atoms with Crippen LogP contribution in [0.4, 0.5) is 0 Å². The first kappa shape index (κ1) is 25.4. The molecule has 1 atom stereocenters. The number of hydrogen-bond donors (Lipinski definition) is 1. The van der Waals surface area contributed by atoms with Gasteiger partial charge in [0.15, 0.2) is 0 Å². The first-order valence-electron chi connectivity index (χ1n) is 12.8. The Bertz CT molecular complexity index is 1250. The van der Waals surface area contributed by atoms with Gasteiger partial charge in [-0.1, -0.05) is 43.2 Å². The number of nitrogens with one attached hydrogen (secondary N) is 1. The Labute approximate surface area is 219 Å². The number of likely N-dealkylation sites (tertiary alicyclic amines) is 1. The summed E-state index contributed by atoms with van der Waals surface area (Å²) in [5, 5.41) is 0. The van der Waals surface area contributed by atoms with Gasteiger partial charge in [0.2, 0.25) is 10.0 Å². The Kier molecular flexibility index (Phi) is 8.06. The van der Waals surface area contributed by atoms with Gasteiger partial charge in [-0.2, -0.15) is 16.1 Å². The Morgan fingerprint density at radius 1 is 0.972 bits per heavy atom. The van der Waals surface area contributed by atoms with E-state index in [1.165, 1.54) is 31.2 Å². The van der Waals surface area contributed by atoms with Gasteiger partial charge in [-0.15, -0.1) is 0 Å². The summed E-state index contributed by atoms with van der Waals surface area (Å²) in [7, 11) is -1.91. The molecule has 0 amide bonds. The minimum atomic E-state index is -3.53. The molecule has 192 valence electrons. The highest BCUT2D eigenvalue weighted by atomic mass is 32.2. The highest BCUT2D eigenvalue weighted by Crippen LogP contribution is 2.35. The van der Waals surface area contributed by atoms with E-state index < -0.39 is 10.0 Å². The lowest BCUT2D eigenvalue weighted by molar-refractivity contribution is 0.190. The Hall–Kier alpha value is -2.26. The lowest BCUT2D eigenvalue weighted by Crippen LogP contribution is -2.37.